The van der Waals surface area contributed by atoms with E-state index in [1.165, 1.54) is 26.2 Å². The molecule has 6 heteroatoms. The molecule has 0 fully saturated rings. The highest BCUT2D eigenvalue weighted by atomic mass is 16.5. The van der Waals surface area contributed by atoms with Crippen LogP contribution in [0.15, 0.2) is 24.3 Å². The minimum atomic E-state index is -0.697. The van der Waals surface area contributed by atoms with Crippen LogP contribution in [-0.4, -0.2) is 19.0 Å². The van der Waals surface area contributed by atoms with Gasteiger partial charge in [0, 0.05) is 5.57 Å². The summed E-state index contributed by atoms with van der Waals surface area (Å²) >= 11 is 0. The molecule has 96 valence electrons. The zero-order valence-electron chi connectivity index (χ0n) is 10.1. The Hall–Kier alpha value is -2.50. The maximum Gasteiger partial charge on any atom is 0.341 e. The van der Waals surface area contributed by atoms with E-state index < -0.39 is 11.9 Å². The van der Waals surface area contributed by atoms with E-state index in [0.29, 0.717) is 0 Å². The largest absolute Gasteiger partial charge is 0.465 e. The van der Waals surface area contributed by atoms with Crippen LogP contribution in [0.3, 0.4) is 0 Å². The van der Waals surface area contributed by atoms with Crippen LogP contribution in [0.25, 0.3) is 0 Å². The molecule has 0 spiro atoms. The molecular formula is C12H14N2O4. The average Bonchev–Trinajstić information content (AvgIpc) is 2.34. The van der Waals surface area contributed by atoms with E-state index in [0.717, 1.165) is 0 Å². The van der Waals surface area contributed by atoms with Gasteiger partial charge in [0.2, 0.25) is 0 Å². The maximum atomic E-state index is 11.5. The second kappa shape index (κ2) is 5.22. The van der Waals surface area contributed by atoms with Gasteiger partial charge in [0.15, 0.2) is 5.75 Å². The second-order valence-corrected chi connectivity index (χ2v) is 3.61. The number of methoxy groups -OCH3 is 1. The molecule has 6 nitrogen and oxygen atoms in total. The molecule has 0 bridgehead atoms. The number of esters is 2. The molecule has 0 saturated heterocycles. The van der Waals surface area contributed by atoms with Gasteiger partial charge in [-0.05, 0) is 19.1 Å². The van der Waals surface area contributed by atoms with Crippen LogP contribution in [-0.2, 0) is 9.53 Å². The van der Waals surface area contributed by atoms with Crippen LogP contribution in [0.4, 0.5) is 11.4 Å². The Morgan fingerprint density at radius 3 is 2.39 bits per heavy atom. The average molecular weight is 250 g/mol. The van der Waals surface area contributed by atoms with Crippen LogP contribution in [0, 0.1) is 0 Å². The Labute approximate surface area is 104 Å². The van der Waals surface area contributed by atoms with Crippen molar-refractivity contribution in [3.63, 3.8) is 0 Å². The van der Waals surface area contributed by atoms with Crippen LogP contribution in [0.1, 0.15) is 17.3 Å². The Balaban J connectivity index is 3.29. The summed E-state index contributed by atoms with van der Waals surface area (Å²) < 4.78 is 9.56. The van der Waals surface area contributed by atoms with E-state index >= 15 is 0 Å². The minimum Gasteiger partial charge on any atom is -0.465 e. The Morgan fingerprint density at radius 2 is 1.89 bits per heavy atom. The highest BCUT2D eigenvalue weighted by molar-refractivity contribution is 5.99. The Morgan fingerprint density at radius 1 is 1.28 bits per heavy atom. The maximum absolute atomic E-state index is 11.5. The van der Waals surface area contributed by atoms with Crippen LogP contribution >= 0.6 is 0 Å². The molecule has 0 heterocycles. The van der Waals surface area contributed by atoms with E-state index in [4.69, 9.17) is 16.2 Å². The first-order valence-corrected chi connectivity index (χ1v) is 5.02. The molecule has 0 aliphatic heterocycles. The van der Waals surface area contributed by atoms with Gasteiger partial charge in [0.1, 0.15) is 5.56 Å². The van der Waals surface area contributed by atoms with Crippen LogP contribution in [0.2, 0.25) is 0 Å². The summed E-state index contributed by atoms with van der Waals surface area (Å²) in [7, 11) is 1.21. The third-order valence-corrected chi connectivity index (χ3v) is 2.18. The van der Waals surface area contributed by atoms with Gasteiger partial charge >= 0.3 is 11.9 Å². The Kier molecular flexibility index (Phi) is 3.93. The zero-order valence-corrected chi connectivity index (χ0v) is 10.1. The molecule has 1 rings (SSSR count). The molecule has 0 aliphatic carbocycles. The standard InChI is InChI=1S/C12H14N2O4/c1-6(2)11(15)18-10-7(12(16)17-3)4-5-8(13)9(10)14/h4-5H,1,13-14H2,2-3H3. The number of hydrogen-bond acceptors (Lipinski definition) is 6. The molecule has 1 aromatic rings. The van der Waals surface area contributed by atoms with Crippen molar-refractivity contribution in [1.29, 1.82) is 0 Å². The van der Waals surface area contributed by atoms with E-state index in [1.54, 1.807) is 0 Å². The lowest BCUT2D eigenvalue weighted by molar-refractivity contribution is -0.130. The number of hydrogen-bond donors (Lipinski definition) is 2. The summed E-state index contributed by atoms with van der Waals surface area (Å²) in [6.45, 7) is 4.91. The molecule has 1 aromatic carbocycles. The molecule has 18 heavy (non-hydrogen) atoms. The van der Waals surface area contributed by atoms with Gasteiger partial charge in [0.05, 0.1) is 18.5 Å². The summed E-state index contributed by atoms with van der Waals surface area (Å²) in [5.41, 5.74) is 11.7. The molecule has 0 radical (unpaired) electrons. The molecule has 0 saturated carbocycles. The van der Waals surface area contributed by atoms with E-state index in [1.807, 2.05) is 0 Å². The van der Waals surface area contributed by atoms with Crippen molar-refractivity contribution < 1.29 is 19.1 Å². The lowest BCUT2D eigenvalue weighted by Gasteiger charge is -2.12. The lowest BCUT2D eigenvalue weighted by atomic mass is 10.1. The minimum absolute atomic E-state index is 0.00694. The van der Waals surface area contributed by atoms with Gasteiger partial charge in [0.25, 0.3) is 0 Å². The lowest BCUT2D eigenvalue weighted by Crippen LogP contribution is -2.14. The van der Waals surface area contributed by atoms with E-state index in [-0.39, 0.29) is 28.3 Å². The highest BCUT2D eigenvalue weighted by Gasteiger charge is 2.20. The molecule has 0 aliphatic rings. The van der Waals surface area contributed by atoms with Gasteiger partial charge in [-0.15, -0.1) is 0 Å². The van der Waals surface area contributed by atoms with E-state index in [2.05, 4.69) is 11.3 Å². The van der Waals surface area contributed by atoms with Crippen molar-refractivity contribution in [3.8, 4) is 5.75 Å². The molecule has 0 amide bonds. The van der Waals surface area contributed by atoms with Crippen molar-refractivity contribution in [1.82, 2.24) is 0 Å². The molecule has 0 unspecified atom stereocenters. The number of carbonyl (C=O) groups excluding carboxylic acids is 2. The zero-order chi connectivity index (χ0) is 13.9. The number of benzene rings is 1. The number of anilines is 2. The molecule has 0 aromatic heterocycles. The first-order chi connectivity index (χ1) is 8.38. The van der Waals surface area contributed by atoms with Gasteiger partial charge in [-0.1, -0.05) is 6.58 Å². The van der Waals surface area contributed by atoms with Gasteiger partial charge in [-0.25, -0.2) is 9.59 Å². The van der Waals surface area contributed by atoms with Gasteiger partial charge in [-0.2, -0.15) is 0 Å². The Bertz CT molecular complexity index is 523. The summed E-state index contributed by atoms with van der Waals surface area (Å²) in [6.07, 6.45) is 0. The van der Waals surface area contributed by atoms with Crippen LogP contribution < -0.4 is 16.2 Å². The number of nitrogen functional groups attached to an aromatic ring is 2. The summed E-state index contributed by atoms with van der Waals surface area (Å²) in [4.78, 5) is 23.0. The first kappa shape index (κ1) is 13.6. The number of nitrogens with two attached hydrogens (primary N) is 2. The fourth-order valence-corrected chi connectivity index (χ4v) is 1.18. The second-order valence-electron chi connectivity index (χ2n) is 3.61. The normalized spacial score (nSPS) is 9.67. The van der Waals surface area contributed by atoms with Gasteiger partial charge < -0.3 is 20.9 Å². The predicted molar refractivity (Wildman–Crippen MR) is 67.1 cm³/mol. The molecule has 4 N–H and O–H groups in total. The first-order valence-electron chi connectivity index (χ1n) is 5.02. The number of rotatable bonds is 3. The fraction of sp³-hybridized carbons (Fsp3) is 0.167. The highest BCUT2D eigenvalue weighted by Crippen LogP contribution is 2.32. The number of carbonyl (C=O) groups is 2. The molecule has 0 atom stereocenters. The monoisotopic (exact) mass is 250 g/mol. The fourth-order valence-electron chi connectivity index (χ4n) is 1.18. The van der Waals surface area contributed by atoms with Crippen molar-refractivity contribution >= 4 is 23.3 Å². The summed E-state index contributed by atoms with van der Waals surface area (Å²) in [6, 6.07) is 2.80. The SMILES string of the molecule is C=C(C)C(=O)Oc1c(C(=O)OC)ccc(N)c1N. The smallest absolute Gasteiger partial charge is 0.341 e. The van der Waals surface area contributed by atoms with Gasteiger partial charge in [-0.3, -0.25) is 0 Å². The number of ether oxygens (including phenoxy) is 2. The third kappa shape index (κ3) is 2.60. The topological polar surface area (TPSA) is 105 Å². The van der Waals surface area contributed by atoms with Crippen molar-refractivity contribution in [2.75, 3.05) is 18.6 Å². The van der Waals surface area contributed by atoms with Crippen molar-refractivity contribution in [2.45, 2.75) is 6.92 Å². The van der Waals surface area contributed by atoms with E-state index in [9.17, 15) is 9.59 Å². The molecular weight excluding hydrogens is 236 g/mol. The van der Waals surface area contributed by atoms with Crippen molar-refractivity contribution in [3.05, 3.63) is 29.8 Å². The quantitative estimate of drug-likeness (QED) is 0.360. The summed E-state index contributed by atoms with van der Waals surface area (Å²) in [5, 5.41) is 0. The third-order valence-electron chi connectivity index (χ3n) is 2.18. The van der Waals surface area contributed by atoms with Crippen LogP contribution in [0.5, 0.6) is 5.75 Å². The van der Waals surface area contributed by atoms with Crippen molar-refractivity contribution in [2.24, 2.45) is 0 Å². The summed E-state index contributed by atoms with van der Waals surface area (Å²) in [5.74, 6) is -1.49. The predicted octanol–water partition coefficient (Wildman–Crippen LogP) is 1.12.